The molecule has 0 bridgehead atoms. The second-order valence-corrected chi connectivity index (χ2v) is 5.38. The lowest BCUT2D eigenvalue weighted by Crippen LogP contribution is -2.37. The number of rotatable bonds is 6. The minimum atomic E-state index is -0.638. The highest BCUT2D eigenvalue weighted by molar-refractivity contribution is 5.98. The van der Waals surface area contributed by atoms with Gasteiger partial charge in [-0.05, 0) is 38.5 Å². The van der Waals surface area contributed by atoms with Gasteiger partial charge in [-0.15, -0.1) is 12.4 Å². The van der Waals surface area contributed by atoms with Crippen molar-refractivity contribution in [3.8, 4) is 0 Å². The van der Waals surface area contributed by atoms with Gasteiger partial charge in [0.2, 0.25) is 5.91 Å². The quantitative estimate of drug-likeness (QED) is 0.752. The molecule has 0 unspecified atom stereocenters. The van der Waals surface area contributed by atoms with Gasteiger partial charge in [-0.25, -0.2) is 0 Å². The number of carbonyl (C=O) groups excluding carboxylic acids is 2. The molecule has 0 aliphatic carbocycles. The number of hydrogen-bond donors (Lipinski definition) is 3. The first-order valence-corrected chi connectivity index (χ1v) is 6.80. The number of nitrogens with one attached hydrogen (secondary N) is 2. The zero-order valence-electron chi connectivity index (χ0n) is 12.7. The third-order valence-electron chi connectivity index (χ3n) is 3.04. The predicted octanol–water partition coefficient (Wildman–Crippen LogP) is 2.17. The van der Waals surface area contributed by atoms with Crippen molar-refractivity contribution in [2.24, 2.45) is 11.1 Å². The lowest BCUT2D eigenvalue weighted by Gasteiger charge is -2.21. The molecular formula is C15H24ClN3O2. The molecule has 1 rings (SSSR count). The van der Waals surface area contributed by atoms with Crippen LogP contribution >= 0.6 is 12.4 Å². The van der Waals surface area contributed by atoms with Crippen LogP contribution in [0.5, 0.6) is 0 Å². The van der Waals surface area contributed by atoms with Crippen LogP contribution < -0.4 is 16.4 Å². The van der Waals surface area contributed by atoms with Gasteiger partial charge in [0.25, 0.3) is 5.91 Å². The Hall–Kier alpha value is -1.59. The molecule has 5 nitrogen and oxygen atoms in total. The van der Waals surface area contributed by atoms with Crippen LogP contribution in [0.25, 0.3) is 0 Å². The standard InChI is InChI=1S/C15H23N3O2.ClH/c1-4-8-17-13(19)11-6-5-7-12(9-11)18-14(20)15(2,3)10-16;/h5-7,9H,4,8,10,16H2,1-3H3,(H,17,19)(H,18,20);1H. The van der Waals surface area contributed by atoms with Gasteiger partial charge in [0.05, 0.1) is 5.41 Å². The van der Waals surface area contributed by atoms with Crippen LogP contribution in [0.4, 0.5) is 5.69 Å². The Morgan fingerprint density at radius 2 is 1.95 bits per heavy atom. The Morgan fingerprint density at radius 1 is 1.29 bits per heavy atom. The molecule has 0 heterocycles. The number of benzene rings is 1. The van der Waals surface area contributed by atoms with Crippen molar-refractivity contribution in [3.05, 3.63) is 29.8 Å². The Kier molecular flexibility index (Phi) is 7.99. The number of nitrogens with two attached hydrogens (primary N) is 1. The van der Waals surface area contributed by atoms with Gasteiger partial charge < -0.3 is 16.4 Å². The first-order chi connectivity index (χ1) is 9.40. The molecule has 118 valence electrons. The van der Waals surface area contributed by atoms with E-state index in [0.717, 1.165) is 6.42 Å². The van der Waals surface area contributed by atoms with E-state index < -0.39 is 5.41 Å². The number of halogens is 1. The van der Waals surface area contributed by atoms with E-state index in [1.165, 1.54) is 0 Å². The number of carbonyl (C=O) groups is 2. The van der Waals surface area contributed by atoms with Gasteiger partial charge in [0.1, 0.15) is 0 Å². The first-order valence-electron chi connectivity index (χ1n) is 6.80. The lowest BCUT2D eigenvalue weighted by molar-refractivity contribution is -0.123. The SMILES string of the molecule is CCCNC(=O)c1cccc(NC(=O)C(C)(C)CN)c1.Cl. The van der Waals surface area contributed by atoms with Crippen molar-refractivity contribution >= 4 is 29.9 Å². The van der Waals surface area contributed by atoms with Crippen molar-refractivity contribution in [2.75, 3.05) is 18.4 Å². The van der Waals surface area contributed by atoms with Gasteiger partial charge in [-0.2, -0.15) is 0 Å². The molecule has 0 saturated carbocycles. The van der Waals surface area contributed by atoms with Gasteiger partial charge in [-0.3, -0.25) is 9.59 Å². The summed E-state index contributed by atoms with van der Waals surface area (Å²) in [5, 5.41) is 5.58. The molecule has 4 N–H and O–H groups in total. The predicted molar refractivity (Wildman–Crippen MR) is 87.8 cm³/mol. The summed E-state index contributed by atoms with van der Waals surface area (Å²) in [5.74, 6) is -0.299. The van der Waals surface area contributed by atoms with E-state index in [1.807, 2.05) is 6.92 Å². The van der Waals surface area contributed by atoms with E-state index in [4.69, 9.17) is 5.73 Å². The van der Waals surface area contributed by atoms with Crippen LogP contribution in [-0.4, -0.2) is 24.9 Å². The highest BCUT2D eigenvalue weighted by Crippen LogP contribution is 2.18. The van der Waals surface area contributed by atoms with Crippen LogP contribution in [0.2, 0.25) is 0 Å². The van der Waals surface area contributed by atoms with E-state index in [9.17, 15) is 9.59 Å². The van der Waals surface area contributed by atoms with Crippen molar-refractivity contribution < 1.29 is 9.59 Å². The summed E-state index contributed by atoms with van der Waals surface area (Å²) in [6.45, 7) is 6.44. The highest BCUT2D eigenvalue weighted by Gasteiger charge is 2.25. The molecule has 0 saturated heterocycles. The van der Waals surface area contributed by atoms with Crippen molar-refractivity contribution in [3.63, 3.8) is 0 Å². The van der Waals surface area contributed by atoms with E-state index in [2.05, 4.69) is 10.6 Å². The zero-order valence-corrected chi connectivity index (χ0v) is 13.5. The smallest absolute Gasteiger partial charge is 0.251 e. The molecule has 0 radical (unpaired) electrons. The molecule has 0 fully saturated rings. The first kappa shape index (κ1) is 19.4. The van der Waals surface area contributed by atoms with Crippen molar-refractivity contribution in [1.29, 1.82) is 0 Å². The molecular weight excluding hydrogens is 290 g/mol. The summed E-state index contributed by atoms with van der Waals surface area (Å²) in [6, 6.07) is 6.87. The van der Waals surface area contributed by atoms with Crippen LogP contribution in [0.15, 0.2) is 24.3 Å². The highest BCUT2D eigenvalue weighted by atomic mass is 35.5. The average Bonchev–Trinajstić information content (AvgIpc) is 2.44. The fourth-order valence-corrected chi connectivity index (χ4v) is 1.47. The summed E-state index contributed by atoms with van der Waals surface area (Å²) in [4.78, 5) is 23.9. The molecule has 1 aromatic carbocycles. The largest absolute Gasteiger partial charge is 0.352 e. The van der Waals surface area contributed by atoms with E-state index in [1.54, 1.807) is 38.1 Å². The normalized spacial score (nSPS) is 10.5. The second-order valence-electron chi connectivity index (χ2n) is 5.38. The fourth-order valence-electron chi connectivity index (χ4n) is 1.47. The minimum absolute atomic E-state index is 0. The summed E-state index contributed by atoms with van der Waals surface area (Å²) in [5.41, 5.74) is 6.06. The third kappa shape index (κ3) is 5.73. The summed E-state index contributed by atoms with van der Waals surface area (Å²) >= 11 is 0. The lowest BCUT2D eigenvalue weighted by atomic mass is 9.92. The van der Waals surface area contributed by atoms with E-state index >= 15 is 0 Å². The van der Waals surface area contributed by atoms with Gasteiger partial charge in [0, 0.05) is 24.3 Å². The van der Waals surface area contributed by atoms with Crippen LogP contribution in [-0.2, 0) is 4.79 Å². The van der Waals surface area contributed by atoms with Crippen molar-refractivity contribution in [1.82, 2.24) is 5.32 Å². The monoisotopic (exact) mass is 313 g/mol. The Balaban J connectivity index is 0.00000400. The van der Waals surface area contributed by atoms with Gasteiger partial charge >= 0.3 is 0 Å². The molecule has 0 aliphatic heterocycles. The maximum absolute atomic E-state index is 12.0. The number of amides is 2. The topological polar surface area (TPSA) is 84.2 Å². The molecule has 1 aromatic rings. The van der Waals surface area contributed by atoms with E-state index in [0.29, 0.717) is 17.8 Å². The number of hydrogen-bond acceptors (Lipinski definition) is 3. The number of anilines is 1. The zero-order chi connectivity index (χ0) is 15.2. The fraction of sp³-hybridized carbons (Fsp3) is 0.467. The molecule has 21 heavy (non-hydrogen) atoms. The molecule has 0 aliphatic rings. The van der Waals surface area contributed by atoms with Crippen molar-refractivity contribution in [2.45, 2.75) is 27.2 Å². The molecule has 6 heteroatoms. The minimum Gasteiger partial charge on any atom is -0.352 e. The summed E-state index contributed by atoms with van der Waals surface area (Å²) in [7, 11) is 0. The Labute approximate surface area is 132 Å². The summed E-state index contributed by atoms with van der Waals surface area (Å²) in [6.07, 6.45) is 0.882. The maximum Gasteiger partial charge on any atom is 0.251 e. The summed E-state index contributed by atoms with van der Waals surface area (Å²) < 4.78 is 0. The average molecular weight is 314 g/mol. The Morgan fingerprint density at radius 3 is 2.52 bits per heavy atom. The molecule has 0 atom stereocenters. The second kappa shape index (κ2) is 8.64. The van der Waals surface area contributed by atoms with Gasteiger partial charge in [0.15, 0.2) is 0 Å². The Bertz CT molecular complexity index is 490. The van der Waals surface area contributed by atoms with Crippen LogP contribution in [0.1, 0.15) is 37.6 Å². The molecule has 0 spiro atoms. The maximum atomic E-state index is 12.0. The van der Waals surface area contributed by atoms with Gasteiger partial charge in [-0.1, -0.05) is 13.0 Å². The van der Waals surface area contributed by atoms with Crippen LogP contribution in [0.3, 0.4) is 0 Å². The molecule has 0 aromatic heterocycles. The molecule has 2 amide bonds. The third-order valence-corrected chi connectivity index (χ3v) is 3.04. The van der Waals surface area contributed by atoms with E-state index in [-0.39, 0.29) is 30.8 Å². The van der Waals surface area contributed by atoms with Crippen LogP contribution in [0, 0.1) is 5.41 Å².